The number of nitrogens with one attached hydrogen (secondary N) is 2. The molecule has 0 fully saturated rings. The molecule has 2 amide bonds. The highest BCUT2D eigenvalue weighted by Gasteiger charge is 2.10. The molecule has 1 aliphatic heterocycles. The van der Waals surface area contributed by atoms with Crippen LogP contribution in [-0.2, 0) is 0 Å². The third kappa shape index (κ3) is 1.31. The quantitative estimate of drug-likeness (QED) is 0.673. The first-order valence-electron chi connectivity index (χ1n) is 3.49. The van der Waals surface area contributed by atoms with Gasteiger partial charge in [0.05, 0.1) is 0 Å². The van der Waals surface area contributed by atoms with Crippen molar-refractivity contribution in [1.82, 2.24) is 15.6 Å². The minimum atomic E-state index is -0.157. The molecule has 0 unspecified atom stereocenters. The summed E-state index contributed by atoms with van der Waals surface area (Å²) in [7, 11) is 0. The number of amides is 2. The van der Waals surface area contributed by atoms with Crippen molar-refractivity contribution in [1.29, 1.82) is 0 Å². The molecule has 2 heterocycles. The minimum absolute atomic E-state index is 0.157. The van der Waals surface area contributed by atoms with Crippen LogP contribution in [0.4, 0.5) is 4.79 Å². The lowest BCUT2D eigenvalue weighted by atomic mass is 10.3. The molecule has 2 rings (SSSR count). The molecule has 0 atom stereocenters. The zero-order valence-corrected chi connectivity index (χ0v) is 7.02. The average Bonchev–Trinajstić information content (AvgIpc) is 2.58. The zero-order chi connectivity index (χ0) is 8.39. The van der Waals surface area contributed by atoms with Gasteiger partial charge in [-0.1, -0.05) is 0 Å². The van der Waals surface area contributed by atoms with E-state index >= 15 is 0 Å². The molecule has 12 heavy (non-hydrogen) atoms. The molecule has 0 radical (unpaired) electrons. The highest BCUT2D eigenvalue weighted by Crippen LogP contribution is 2.16. The van der Waals surface area contributed by atoms with E-state index in [4.69, 9.17) is 0 Å². The molecule has 1 aromatic rings. The van der Waals surface area contributed by atoms with Gasteiger partial charge in [-0.25, -0.2) is 9.78 Å². The second-order valence-corrected chi connectivity index (χ2v) is 3.23. The number of thiazole rings is 1. The van der Waals surface area contributed by atoms with E-state index in [0.29, 0.717) is 6.54 Å². The Balaban J connectivity index is 2.21. The van der Waals surface area contributed by atoms with Crippen LogP contribution in [0.3, 0.4) is 0 Å². The van der Waals surface area contributed by atoms with Crippen molar-refractivity contribution < 1.29 is 4.79 Å². The number of rotatable bonds is 1. The van der Waals surface area contributed by atoms with Gasteiger partial charge in [-0.15, -0.1) is 11.3 Å². The summed E-state index contributed by atoms with van der Waals surface area (Å²) in [5.41, 5.74) is 1.02. The molecule has 2 N–H and O–H groups in total. The molecule has 62 valence electrons. The van der Waals surface area contributed by atoms with Crippen LogP contribution in [0, 0.1) is 0 Å². The molecule has 0 spiro atoms. The van der Waals surface area contributed by atoms with Gasteiger partial charge in [0, 0.05) is 29.9 Å². The number of nitrogens with zero attached hydrogens (tertiary/aromatic N) is 1. The minimum Gasteiger partial charge on any atom is -0.334 e. The standard InChI is InChI=1S/C7H7N3OS/c11-7-9-3-5(4-10-7)6-8-1-2-12-6/h1-3H,4H2,(H2,9,10,11). The van der Waals surface area contributed by atoms with Crippen LogP contribution in [0.5, 0.6) is 0 Å². The van der Waals surface area contributed by atoms with E-state index in [1.165, 1.54) is 0 Å². The van der Waals surface area contributed by atoms with Gasteiger partial charge in [-0.05, 0) is 0 Å². The second kappa shape index (κ2) is 2.94. The molecule has 0 saturated carbocycles. The van der Waals surface area contributed by atoms with E-state index in [1.54, 1.807) is 23.7 Å². The van der Waals surface area contributed by atoms with E-state index < -0.39 is 0 Å². The van der Waals surface area contributed by atoms with Crippen molar-refractivity contribution in [3.8, 4) is 0 Å². The number of urea groups is 1. The number of carbonyl (C=O) groups excluding carboxylic acids is 1. The molecule has 0 bridgehead atoms. The largest absolute Gasteiger partial charge is 0.334 e. The number of carbonyl (C=O) groups is 1. The van der Waals surface area contributed by atoms with Gasteiger partial charge < -0.3 is 10.6 Å². The second-order valence-electron chi connectivity index (χ2n) is 2.33. The fourth-order valence-corrected chi connectivity index (χ4v) is 1.60. The fourth-order valence-electron chi connectivity index (χ4n) is 0.950. The van der Waals surface area contributed by atoms with Gasteiger partial charge in [-0.2, -0.15) is 0 Å². The van der Waals surface area contributed by atoms with Crippen molar-refractivity contribution in [2.24, 2.45) is 0 Å². The van der Waals surface area contributed by atoms with Crippen molar-refractivity contribution in [2.75, 3.05) is 6.54 Å². The Kier molecular flexibility index (Phi) is 1.79. The highest BCUT2D eigenvalue weighted by molar-refractivity contribution is 7.10. The van der Waals surface area contributed by atoms with Gasteiger partial charge in [0.25, 0.3) is 0 Å². The average molecular weight is 181 g/mol. The van der Waals surface area contributed by atoms with E-state index in [2.05, 4.69) is 15.6 Å². The summed E-state index contributed by atoms with van der Waals surface area (Å²) in [6.45, 7) is 0.555. The lowest BCUT2D eigenvalue weighted by molar-refractivity contribution is 0.244. The Morgan fingerprint density at radius 3 is 3.08 bits per heavy atom. The molecule has 1 aliphatic rings. The lowest BCUT2D eigenvalue weighted by Crippen LogP contribution is -2.37. The molecule has 5 heteroatoms. The predicted molar refractivity (Wildman–Crippen MR) is 46.6 cm³/mol. The molecule has 1 aromatic heterocycles. The van der Waals surface area contributed by atoms with Crippen molar-refractivity contribution in [3.05, 3.63) is 22.8 Å². The summed E-state index contributed by atoms with van der Waals surface area (Å²) in [4.78, 5) is 14.8. The lowest BCUT2D eigenvalue weighted by Gasteiger charge is -2.12. The summed E-state index contributed by atoms with van der Waals surface area (Å²) in [5, 5.41) is 8.10. The molecular formula is C7H7N3OS. The van der Waals surface area contributed by atoms with E-state index in [9.17, 15) is 4.79 Å². The van der Waals surface area contributed by atoms with Gasteiger partial charge in [0.1, 0.15) is 5.01 Å². The van der Waals surface area contributed by atoms with Crippen molar-refractivity contribution in [2.45, 2.75) is 0 Å². The van der Waals surface area contributed by atoms with Gasteiger partial charge in [-0.3, -0.25) is 0 Å². The summed E-state index contributed by atoms with van der Waals surface area (Å²) in [6, 6.07) is -0.157. The first kappa shape index (κ1) is 7.30. The van der Waals surface area contributed by atoms with Crippen LogP contribution in [0.1, 0.15) is 5.01 Å². The van der Waals surface area contributed by atoms with Crippen LogP contribution < -0.4 is 10.6 Å². The third-order valence-electron chi connectivity index (χ3n) is 1.52. The molecular weight excluding hydrogens is 174 g/mol. The van der Waals surface area contributed by atoms with Crippen molar-refractivity contribution in [3.63, 3.8) is 0 Å². The maximum absolute atomic E-state index is 10.7. The van der Waals surface area contributed by atoms with Crippen molar-refractivity contribution >= 4 is 22.9 Å². The Bertz CT molecular complexity index is 317. The molecule has 0 saturated heterocycles. The number of hydrogen-bond donors (Lipinski definition) is 2. The summed E-state index contributed by atoms with van der Waals surface area (Å²) in [5.74, 6) is 0. The number of aromatic nitrogens is 1. The molecule has 0 aromatic carbocycles. The fraction of sp³-hybridized carbons (Fsp3) is 0.143. The maximum Gasteiger partial charge on any atom is 0.319 e. The zero-order valence-electron chi connectivity index (χ0n) is 6.20. The van der Waals surface area contributed by atoms with Gasteiger partial charge >= 0.3 is 6.03 Å². The third-order valence-corrected chi connectivity index (χ3v) is 2.37. The highest BCUT2D eigenvalue weighted by atomic mass is 32.1. The van der Waals surface area contributed by atoms with Gasteiger partial charge in [0.15, 0.2) is 0 Å². The van der Waals surface area contributed by atoms with E-state index in [0.717, 1.165) is 10.6 Å². The molecule has 0 aliphatic carbocycles. The Labute approximate surface area is 73.3 Å². The summed E-state index contributed by atoms with van der Waals surface area (Å²) >= 11 is 1.56. The topological polar surface area (TPSA) is 54.0 Å². The SMILES string of the molecule is O=C1NC=C(c2nccs2)CN1. The van der Waals surface area contributed by atoms with Gasteiger partial charge in [0.2, 0.25) is 0 Å². The summed E-state index contributed by atoms with van der Waals surface area (Å²) < 4.78 is 0. The molecule has 4 nitrogen and oxygen atoms in total. The normalized spacial score (nSPS) is 16.3. The Hall–Kier alpha value is -1.36. The summed E-state index contributed by atoms with van der Waals surface area (Å²) in [6.07, 6.45) is 3.44. The smallest absolute Gasteiger partial charge is 0.319 e. The maximum atomic E-state index is 10.7. The van der Waals surface area contributed by atoms with Crippen LogP contribution in [0.25, 0.3) is 5.57 Å². The van der Waals surface area contributed by atoms with E-state index in [1.807, 2.05) is 5.38 Å². The first-order valence-corrected chi connectivity index (χ1v) is 4.37. The Morgan fingerprint density at radius 1 is 1.58 bits per heavy atom. The number of hydrogen-bond acceptors (Lipinski definition) is 3. The monoisotopic (exact) mass is 181 g/mol. The van der Waals surface area contributed by atoms with Crippen LogP contribution >= 0.6 is 11.3 Å². The van der Waals surface area contributed by atoms with Crippen LogP contribution in [-0.4, -0.2) is 17.6 Å². The van der Waals surface area contributed by atoms with Crippen LogP contribution in [0.2, 0.25) is 0 Å². The Morgan fingerprint density at radius 2 is 2.50 bits per heavy atom. The predicted octanol–water partition coefficient (Wildman–Crippen LogP) is 0.797. The van der Waals surface area contributed by atoms with E-state index in [-0.39, 0.29) is 6.03 Å². The first-order chi connectivity index (χ1) is 5.86. The van der Waals surface area contributed by atoms with Crippen LogP contribution in [0.15, 0.2) is 17.8 Å².